The number of fused-ring (bicyclic) bond motifs is 1. The number of carboxylic acids is 1. The lowest BCUT2D eigenvalue weighted by atomic mass is 9.79. The lowest BCUT2D eigenvalue weighted by molar-refractivity contribution is -0.131. The third-order valence-electron chi connectivity index (χ3n) is 4.70. The number of aliphatic carboxylic acids is 1. The first-order valence-corrected chi connectivity index (χ1v) is 7.86. The molecular weight excluding hydrogens is 302 g/mol. The van der Waals surface area contributed by atoms with Crippen molar-refractivity contribution in [2.75, 3.05) is 20.1 Å². The van der Waals surface area contributed by atoms with Crippen LogP contribution in [0.1, 0.15) is 17.8 Å². The highest BCUT2D eigenvalue weighted by atomic mass is 16.4. The van der Waals surface area contributed by atoms with Gasteiger partial charge in [0.2, 0.25) is 0 Å². The van der Waals surface area contributed by atoms with Gasteiger partial charge in [-0.3, -0.25) is 0 Å². The normalized spacial score (nSPS) is 21.5. The Morgan fingerprint density at radius 1 is 1.50 bits per heavy atom. The first kappa shape index (κ1) is 16.2. The highest BCUT2D eigenvalue weighted by Gasteiger charge is 2.42. The Morgan fingerprint density at radius 3 is 2.92 bits per heavy atom. The summed E-state index contributed by atoms with van der Waals surface area (Å²) in [5.74, 6) is -0.0678. The summed E-state index contributed by atoms with van der Waals surface area (Å²) in [6.07, 6.45) is 5.46. The summed E-state index contributed by atoms with van der Waals surface area (Å²) < 4.78 is 0. The number of likely N-dealkylation sites (N-methyl/N-ethyl adjacent to an activating group) is 1. The van der Waals surface area contributed by atoms with Crippen LogP contribution in [-0.2, 0) is 10.2 Å². The summed E-state index contributed by atoms with van der Waals surface area (Å²) in [6, 6.07) is 5.68. The number of likely N-dealkylation sites (tertiary alicyclic amines) is 1. The molecule has 2 N–H and O–H groups in total. The number of H-pyrrole nitrogens is 1. The maximum Gasteiger partial charge on any atom is 0.328 e. The predicted octanol–water partition coefficient (Wildman–Crippen LogP) is 2.98. The molecular formula is C19H21N3O2. The molecule has 24 heavy (non-hydrogen) atoms. The van der Waals surface area contributed by atoms with E-state index >= 15 is 0 Å². The topological polar surface area (TPSA) is 69.2 Å². The van der Waals surface area contributed by atoms with Crippen molar-refractivity contribution < 1.29 is 9.90 Å². The van der Waals surface area contributed by atoms with Gasteiger partial charge in [-0.25, -0.2) is 9.78 Å². The monoisotopic (exact) mass is 323 g/mol. The first-order chi connectivity index (χ1) is 11.4. The zero-order chi connectivity index (χ0) is 17.3. The van der Waals surface area contributed by atoms with E-state index in [-0.39, 0.29) is 5.41 Å². The summed E-state index contributed by atoms with van der Waals surface area (Å²) >= 11 is 0. The first-order valence-electron chi connectivity index (χ1n) is 7.86. The van der Waals surface area contributed by atoms with Crippen LogP contribution in [0, 0.1) is 0 Å². The molecule has 1 saturated heterocycles. The molecule has 0 bridgehead atoms. The lowest BCUT2D eigenvalue weighted by Crippen LogP contribution is -2.32. The molecule has 5 nitrogen and oxygen atoms in total. The molecule has 0 unspecified atom stereocenters. The molecule has 2 heterocycles. The molecule has 0 aliphatic carbocycles. The maximum atomic E-state index is 10.7. The number of benzene rings is 1. The van der Waals surface area contributed by atoms with E-state index in [1.54, 1.807) is 6.08 Å². The van der Waals surface area contributed by atoms with Gasteiger partial charge < -0.3 is 15.0 Å². The fourth-order valence-corrected chi connectivity index (χ4v) is 3.33. The van der Waals surface area contributed by atoms with Crippen molar-refractivity contribution in [2.45, 2.75) is 11.8 Å². The van der Waals surface area contributed by atoms with Gasteiger partial charge in [-0.15, -0.1) is 0 Å². The van der Waals surface area contributed by atoms with Gasteiger partial charge >= 0.3 is 5.97 Å². The summed E-state index contributed by atoms with van der Waals surface area (Å²) in [6.45, 7) is 9.91. The minimum Gasteiger partial charge on any atom is -0.478 e. The minimum atomic E-state index is -0.962. The van der Waals surface area contributed by atoms with Crippen molar-refractivity contribution in [3.05, 3.63) is 60.5 Å². The minimum absolute atomic E-state index is 0.243. The average molecular weight is 323 g/mol. The Labute approximate surface area is 141 Å². The molecule has 0 amide bonds. The molecule has 2 aromatic rings. The average Bonchev–Trinajstić information content (AvgIpc) is 3.16. The van der Waals surface area contributed by atoms with Crippen molar-refractivity contribution in [2.24, 2.45) is 0 Å². The van der Waals surface area contributed by atoms with Crippen LogP contribution in [0.2, 0.25) is 0 Å². The predicted molar refractivity (Wildman–Crippen MR) is 95.9 cm³/mol. The highest BCUT2D eigenvalue weighted by Crippen LogP contribution is 2.39. The standard InChI is InChI=1S/C19H21N3O2/c1-4-13(2)19(9-10-22(3)12-19)18-20-15-7-5-14(6-8-17(23)24)11-16(15)21-18/h4-8,11H,1-2,9-10,12H2,3H3,(H,20,21)(H,23,24)/b8-6+/t19-/m1/s1. The number of nitrogens with zero attached hydrogens (tertiary/aromatic N) is 2. The van der Waals surface area contributed by atoms with E-state index in [9.17, 15) is 4.79 Å². The van der Waals surface area contributed by atoms with E-state index in [1.807, 2.05) is 24.3 Å². The van der Waals surface area contributed by atoms with E-state index in [1.165, 1.54) is 0 Å². The molecule has 0 radical (unpaired) electrons. The number of carboxylic acid groups (broad SMARTS) is 1. The van der Waals surface area contributed by atoms with Crippen LogP contribution in [0.5, 0.6) is 0 Å². The largest absolute Gasteiger partial charge is 0.478 e. The van der Waals surface area contributed by atoms with Crippen molar-refractivity contribution in [1.29, 1.82) is 0 Å². The quantitative estimate of drug-likeness (QED) is 0.655. The smallest absolute Gasteiger partial charge is 0.328 e. The molecule has 1 atom stereocenters. The molecule has 124 valence electrons. The van der Waals surface area contributed by atoms with E-state index in [0.29, 0.717) is 0 Å². The molecule has 3 rings (SSSR count). The fourth-order valence-electron chi connectivity index (χ4n) is 3.33. The Morgan fingerprint density at radius 2 is 2.29 bits per heavy atom. The molecule has 1 aromatic heterocycles. The molecule has 5 heteroatoms. The van der Waals surface area contributed by atoms with Crippen molar-refractivity contribution in [3.63, 3.8) is 0 Å². The van der Waals surface area contributed by atoms with Crippen LogP contribution < -0.4 is 0 Å². The summed E-state index contributed by atoms with van der Waals surface area (Å²) in [4.78, 5) is 21.1. The number of hydrogen-bond acceptors (Lipinski definition) is 3. The second-order valence-electron chi connectivity index (χ2n) is 6.33. The summed E-state index contributed by atoms with van der Waals surface area (Å²) in [5.41, 5.74) is 3.30. The van der Waals surface area contributed by atoms with Gasteiger partial charge in [0.25, 0.3) is 0 Å². The molecule has 1 aliphatic heterocycles. The van der Waals surface area contributed by atoms with E-state index in [0.717, 1.165) is 53.6 Å². The second kappa shape index (κ2) is 6.09. The third-order valence-corrected chi connectivity index (χ3v) is 4.70. The molecule has 0 spiro atoms. The van der Waals surface area contributed by atoms with Crippen LogP contribution in [0.15, 0.2) is 49.1 Å². The van der Waals surface area contributed by atoms with Gasteiger partial charge in [0.15, 0.2) is 0 Å². The number of rotatable bonds is 5. The van der Waals surface area contributed by atoms with E-state index in [2.05, 4.69) is 30.1 Å². The number of nitrogens with one attached hydrogen (secondary N) is 1. The number of aromatic amines is 1. The van der Waals surface area contributed by atoms with Crippen LogP contribution in [-0.4, -0.2) is 46.1 Å². The lowest BCUT2D eigenvalue weighted by Gasteiger charge is -2.27. The molecule has 1 aliphatic rings. The highest BCUT2D eigenvalue weighted by molar-refractivity contribution is 5.87. The van der Waals surface area contributed by atoms with Gasteiger partial charge in [-0.05, 0) is 49.4 Å². The SMILES string of the molecule is C=CC(=C)[C@@]1(c2nc3ccc(/C=C/C(=O)O)cc3[nH]2)CCN(C)C1. The number of allylic oxidation sites excluding steroid dienone is 1. The molecule has 0 saturated carbocycles. The van der Waals surface area contributed by atoms with Crippen LogP contribution in [0.4, 0.5) is 0 Å². The van der Waals surface area contributed by atoms with Crippen LogP contribution in [0.3, 0.4) is 0 Å². The Hall–Kier alpha value is -2.66. The fraction of sp³-hybridized carbons (Fsp3) is 0.263. The number of aromatic nitrogens is 2. The number of imidazole rings is 1. The number of hydrogen-bond donors (Lipinski definition) is 2. The van der Waals surface area contributed by atoms with Crippen LogP contribution in [0.25, 0.3) is 17.1 Å². The van der Waals surface area contributed by atoms with E-state index < -0.39 is 5.97 Å². The second-order valence-corrected chi connectivity index (χ2v) is 6.33. The van der Waals surface area contributed by atoms with Crippen molar-refractivity contribution >= 4 is 23.1 Å². The van der Waals surface area contributed by atoms with E-state index in [4.69, 9.17) is 10.1 Å². The van der Waals surface area contributed by atoms with Crippen molar-refractivity contribution in [3.8, 4) is 0 Å². The van der Waals surface area contributed by atoms with Gasteiger partial charge in [0.1, 0.15) is 5.82 Å². The molecule has 1 fully saturated rings. The third kappa shape index (κ3) is 2.78. The van der Waals surface area contributed by atoms with Gasteiger partial charge in [-0.2, -0.15) is 0 Å². The zero-order valence-corrected chi connectivity index (χ0v) is 13.7. The molecule has 1 aromatic carbocycles. The number of carbonyl (C=O) groups is 1. The Bertz CT molecular complexity index is 849. The zero-order valence-electron chi connectivity index (χ0n) is 13.7. The van der Waals surface area contributed by atoms with Crippen molar-refractivity contribution in [1.82, 2.24) is 14.9 Å². The summed E-state index contributed by atoms with van der Waals surface area (Å²) in [7, 11) is 2.09. The van der Waals surface area contributed by atoms with Gasteiger partial charge in [0, 0.05) is 12.6 Å². The maximum absolute atomic E-state index is 10.7. The van der Waals surface area contributed by atoms with Gasteiger partial charge in [0.05, 0.1) is 16.4 Å². The van der Waals surface area contributed by atoms with Crippen LogP contribution >= 0.6 is 0 Å². The Balaban J connectivity index is 2.04. The summed E-state index contributed by atoms with van der Waals surface area (Å²) in [5, 5.41) is 8.75. The Kier molecular flexibility index (Phi) is 4.11. The van der Waals surface area contributed by atoms with Gasteiger partial charge in [-0.1, -0.05) is 25.3 Å².